The number of aromatic nitrogens is 1. The average molecular weight is 288 g/mol. The summed E-state index contributed by atoms with van der Waals surface area (Å²) in [6.45, 7) is 5.61. The maximum absolute atomic E-state index is 12.1. The van der Waals surface area contributed by atoms with Crippen LogP contribution >= 0.6 is 11.3 Å². The van der Waals surface area contributed by atoms with Crippen LogP contribution < -0.4 is 10.5 Å². The van der Waals surface area contributed by atoms with Gasteiger partial charge in [-0.05, 0) is 20.0 Å². The number of fused-ring (bicyclic) bond motifs is 1. The molecule has 1 saturated heterocycles. The Morgan fingerprint density at radius 2 is 2.05 bits per heavy atom. The summed E-state index contributed by atoms with van der Waals surface area (Å²) in [5.74, 6) is 0. The lowest BCUT2D eigenvalue weighted by molar-refractivity contribution is 0.313. The number of nitrogens with one attached hydrogen (secondary N) is 1. The number of anilines is 1. The average Bonchev–Trinajstić information content (AvgIpc) is 2.78. The summed E-state index contributed by atoms with van der Waals surface area (Å²) in [7, 11) is 2.09. The fraction of sp³-hybridized carbons (Fsp3) is 0.429. The fourth-order valence-electron chi connectivity index (χ4n) is 2.62. The van der Waals surface area contributed by atoms with E-state index < -0.39 is 0 Å². The van der Waals surface area contributed by atoms with Crippen molar-refractivity contribution in [3.63, 3.8) is 0 Å². The lowest BCUT2D eigenvalue weighted by Gasteiger charge is -2.34. The van der Waals surface area contributed by atoms with Crippen molar-refractivity contribution < 1.29 is 0 Å². The number of nitriles is 1. The van der Waals surface area contributed by atoms with E-state index in [1.165, 1.54) is 0 Å². The van der Waals surface area contributed by atoms with Crippen LogP contribution in [0.5, 0.6) is 0 Å². The van der Waals surface area contributed by atoms with Gasteiger partial charge in [0.05, 0.1) is 15.9 Å². The first kappa shape index (κ1) is 13.2. The van der Waals surface area contributed by atoms with Crippen molar-refractivity contribution in [3.8, 4) is 6.07 Å². The van der Waals surface area contributed by atoms with Crippen LogP contribution in [0.3, 0.4) is 0 Å². The van der Waals surface area contributed by atoms with Crippen molar-refractivity contribution in [1.82, 2.24) is 9.88 Å². The van der Waals surface area contributed by atoms with Gasteiger partial charge in [-0.3, -0.25) is 4.79 Å². The number of rotatable bonds is 1. The number of hydrogen-bond acceptors (Lipinski definition) is 5. The second-order valence-corrected chi connectivity index (χ2v) is 6.44. The third-order valence-electron chi connectivity index (χ3n) is 3.71. The van der Waals surface area contributed by atoms with Gasteiger partial charge in [-0.15, -0.1) is 11.3 Å². The molecule has 0 spiro atoms. The molecule has 0 unspecified atom stereocenters. The van der Waals surface area contributed by atoms with E-state index in [2.05, 4.69) is 27.9 Å². The van der Waals surface area contributed by atoms with Crippen LogP contribution in [0.1, 0.15) is 10.4 Å². The maximum atomic E-state index is 12.1. The number of aromatic amines is 1. The van der Waals surface area contributed by atoms with Crippen molar-refractivity contribution in [2.45, 2.75) is 6.92 Å². The van der Waals surface area contributed by atoms with Crippen molar-refractivity contribution in [2.75, 3.05) is 38.1 Å². The smallest absolute Gasteiger partial charge is 0.268 e. The van der Waals surface area contributed by atoms with Crippen LogP contribution in [0, 0.1) is 18.3 Å². The summed E-state index contributed by atoms with van der Waals surface area (Å²) in [5, 5.41) is 9.35. The first-order chi connectivity index (χ1) is 9.60. The zero-order chi connectivity index (χ0) is 14.3. The Morgan fingerprint density at radius 3 is 2.70 bits per heavy atom. The number of H-pyrrole nitrogens is 1. The van der Waals surface area contributed by atoms with E-state index in [9.17, 15) is 10.1 Å². The van der Waals surface area contributed by atoms with E-state index in [-0.39, 0.29) is 11.1 Å². The Kier molecular flexibility index (Phi) is 3.24. The van der Waals surface area contributed by atoms with E-state index in [0.29, 0.717) is 0 Å². The molecule has 20 heavy (non-hydrogen) atoms. The molecule has 104 valence electrons. The van der Waals surface area contributed by atoms with Crippen LogP contribution in [-0.2, 0) is 0 Å². The lowest BCUT2D eigenvalue weighted by atomic mass is 10.2. The number of nitrogens with zero attached hydrogens (tertiary/aromatic N) is 3. The maximum Gasteiger partial charge on any atom is 0.268 e. The number of pyridine rings is 1. The second kappa shape index (κ2) is 4.93. The molecular formula is C14H16N4OS. The minimum absolute atomic E-state index is 0.240. The molecule has 0 amide bonds. The monoisotopic (exact) mass is 288 g/mol. The van der Waals surface area contributed by atoms with E-state index in [1.54, 1.807) is 11.3 Å². The Bertz CT molecular complexity index is 747. The lowest BCUT2D eigenvalue weighted by Crippen LogP contribution is -2.45. The molecule has 2 aromatic rings. The van der Waals surface area contributed by atoms with Crippen LogP contribution in [0.4, 0.5) is 5.69 Å². The van der Waals surface area contributed by atoms with Gasteiger partial charge in [0.25, 0.3) is 5.56 Å². The van der Waals surface area contributed by atoms with Gasteiger partial charge >= 0.3 is 0 Å². The topological polar surface area (TPSA) is 63.1 Å². The van der Waals surface area contributed by atoms with Crippen LogP contribution in [0.15, 0.2) is 10.9 Å². The molecule has 0 aromatic carbocycles. The number of piperazine rings is 1. The van der Waals surface area contributed by atoms with Crippen molar-refractivity contribution in [2.24, 2.45) is 0 Å². The van der Waals surface area contributed by atoms with Crippen LogP contribution in [-0.4, -0.2) is 43.1 Å². The van der Waals surface area contributed by atoms with Crippen molar-refractivity contribution in [3.05, 3.63) is 26.9 Å². The van der Waals surface area contributed by atoms with Gasteiger partial charge in [0.2, 0.25) is 0 Å². The van der Waals surface area contributed by atoms with Crippen LogP contribution in [0.25, 0.3) is 10.2 Å². The van der Waals surface area contributed by atoms with Gasteiger partial charge in [0.1, 0.15) is 11.6 Å². The molecule has 0 aliphatic carbocycles. The highest BCUT2D eigenvalue weighted by Crippen LogP contribution is 2.34. The fourth-order valence-corrected chi connectivity index (χ4v) is 3.67. The molecule has 0 saturated carbocycles. The molecule has 0 bridgehead atoms. The molecule has 2 aromatic heterocycles. The van der Waals surface area contributed by atoms with Crippen LogP contribution in [0.2, 0.25) is 0 Å². The van der Waals surface area contributed by atoms with E-state index in [1.807, 2.05) is 13.0 Å². The summed E-state index contributed by atoms with van der Waals surface area (Å²) >= 11 is 1.63. The number of thiophene rings is 1. The first-order valence-corrected chi connectivity index (χ1v) is 7.42. The molecule has 1 aliphatic heterocycles. The van der Waals surface area contributed by atoms with E-state index in [0.717, 1.165) is 47.0 Å². The van der Waals surface area contributed by atoms with Gasteiger partial charge in [0, 0.05) is 31.1 Å². The first-order valence-electron chi connectivity index (χ1n) is 6.60. The normalized spacial score (nSPS) is 16.6. The number of likely N-dealkylation sites (N-methyl/N-ethyl adjacent to an activating group) is 1. The summed E-state index contributed by atoms with van der Waals surface area (Å²) in [4.78, 5) is 20.5. The Balaban J connectivity index is 2.21. The number of aryl methyl sites for hydroxylation is 1. The molecular weight excluding hydrogens is 272 g/mol. The minimum Gasteiger partial charge on any atom is -0.367 e. The molecule has 3 rings (SSSR count). The molecule has 3 heterocycles. The summed E-state index contributed by atoms with van der Waals surface area (Å²) in [6, 6.07) is 4.06. The minimum atomic E-state index is -0.285. The quantitative estimate of drug-likeness (QED) is 0.864. The SMILES string of the molecule is Cc1cc2[nH]c(=O)c(C#N)c(N3CCN(C)CC3)c2s1. The molecule has 0 atom stereocenters. The van der Waals surface area contributed by atoms with Gasteiger partial charge in [-0.25, -0.2) is 0 Å². The van der Waals surface area contributed by atoms with E-state index in [4.69, 9.17) is 0 Å². The van der Waals surface area contributed by atoms with Gasteiger partial charge < -0.3 is 14.8 Å². The van der Waals surface area contributed by atoms with Gasteiger partial charge in [-0.2, -0.15) is 5.26 Å². The van der Waals surface area contributed by atoms with E-state index >= 15 is 0 Å². The highest BCUT2D eigenvalue weighted by Gasteiger charge is 2.22. The second-order valence-electron chi connectivity index (χ2n) is 5.18. The zero-order valence-electron chi connectivity index (χ0n) is 11.6. The molecule has 6 heteroatoms. The molecule has 1 aliphatic rings. The predicted molar refractivity (Wildman–Crippen MR) is 81.6 cm³/mol. The molecule has 5 nitrogen and oxygen atoms in total. The molecule has 0 radical (unpaired) electrons. The Hall–Kier alpha value is -1.84. The Labute approximate surface area is 121 Å². The third-order valence-corrected chi connectivity index (χ3v) is 4.77. The van der Waals surface area contributed by atoms with Crippen molar-refractivity contribution in [1.29, 1.82) is 5.26 Å². The zero-order valence-corrected chi connectivity index (χ0v) is 12.4. The predicted octanol–water partition coefficient (Wildman–Crippen LogP) is 1.52. The largest absolute Gasteiger partial charge is 0.367 e. The third kappa shape index (κ3) is 2.09. The summed E-state index contributed by atoms with van der Waals surface area (Å²) < 4.78 is 1.02. The molecule has 1 fully saturated rings. The summed E-state index contributed by atoms with van der Waals surface area (Å²) in [6.07, 6.45) is 0. The highest BCUT2D eigenvalue weighted by atomic mass is 32.1. The Morgan fingerprint density at radius 1 is 1.35 bits per heavy atom. The van der Waals surface area contributed by atoms with Crippen molar-refractivity contribution >= 4 is 27.2 Å². The summed E-state index contributed by atoms with van der Waals surface area (Å²) in [5.41, 5.74) is 1.61. The number of hydrogen-bond donors (Lipinski definition) is 1. The van der Waals surface area contributed by atoms with Gasteiger partial charge in [-0.1, -0.05) is 0 Å². The molecule has 1 N–H and O–H groups in total. The standard InChI is InChI=1S/C14H16N4OS/c1-9-7-11-13(20-9)12(10(8-15)14(19)16-11)18-5-3-17(2)4-6-18/h7H,3-6H2,1-2H3,(H,16,19). The highest BCUT2D eigenvalue weighted by molar-refractivity contribution is 7.19. The van der Waals surface area contributed by atoms with Gasteiger partial charge in [0.15, 0.2) is 0 Å².